The molecule has 1 aromatic heterocycles. The first kappa shape index (κ1) is 11.1. The first-order valence-electron chi connectivity index (χ1n) is 5.53. The minimum absolute atomic E-state index is 0.691. The molecule has 0 atom stereocenters. The van der Waals surface area contributed by atoms with Crippen molar-refractivity contribution in [2.45, 2.75) is 6.42 Å². The van der Waals surface area contributed by atoms with E-state index in [0.717, 1.165) is 44.8 Å². The van der Waals surface area contributed by atoms with Gasteiger partial charge in [-0.25, -0.2) is 0 Å². The molecule has 0 N–H and O–H groups in total. The molecule has 0 aliphatic carbocycles. The molecule has 0 radical (unpaired) electrons. The summed E-state index contributed by atoms with van der Waals surface area (Å²) in [6.07, 6.45) is 4.29. The Balaban J connectivity index is 1.91. The molecular formula is C12H15N3O. The van der Waals surface area contributed by atoms with Crippen LogP contribution in [0.2, 0.25) is 0 Å². The predicted molar refractivity (Wildman–Crippen MR) is 59.9 cm³/mol. The summed E-state index contributed by atoms with van der Waals surface area (Å²) in [4.78, 5) is 6.32. The normalized spacial score (nSPS) is 16.9. The van der Waals surface area contributed by atoms with E-state index in [1.54, 1.807) is 12.4 Å². The SMILES string of the molecule is N#Cc1cnccc1CCN1CCOCC1. The Kier molecular flexibility index (Phi) is 3.86. The molecule has 16 heavy (non-hydrogen) atoms. The van der Waals surface area contributed by atoms with Gasteiger partial charge in [0.15, 0.2) is 0 Å². The fourth-order valence-corrected chi connectivity index (χ4v) is 1.85. The lowest BCUT2D eigenvalue weighted by atomic mass is 10.1. The molecule has 0 spiro atoms. The molecule has 0 bridgehead atoms. The van der Waals surface area contributed by atoms with Crippen LogP contribution in [0.15, 0.2) is 18.5 Å². The van der Waals surface area contributed by atoms with Crippen molar-refractivity contribution < 1.29 is 4.74 Å². The van der Waals surface area contributed by atoms with E-state index in [2.05, 4.69) is 16.0 Å². The monoisotopic (exact) mass is 217 g/mol. The van der Waals surface area contributed by atoms with Gasteiger partial charge in [-0.3, -0.25) is 9.88 Å². The highest BCUT2D eigenvalue weighted by Gasteiger charge is 2.10. The van der Waals surface area contributed by atoms with Gasteiger partial charge in [0, 0.05) is 32.0 Å². The zero-order valence-corrected chi connectivity index (χ0v) is 9.22. The minimum atomic E-state index is 0.691. The van der Waals surface area contributed by atoms with Gasteiger partial charge in [-0.2, -0.15) is 5.26 Å². The molecule has 0 aromatic carbocycles. The summed E-state index contributed by atoms with van der Waals surface area (Å²) in [6, 6.07) is 4.11. The molecule has 1 aliphatic heterocycles. The van der Waals surface area contributed by atoms with Crippen LogP contribution in [0.3, 0.4) is 0 Å². The zero-order valence-electron chi connectivity index (χ0n) is 9.22. The van der Waals surface area contributed by atoms with Crippen molar-refractivity contribution in [3.05, 3.63) is 29.6 Å². The van der Waals surface area contributed by atoms with Crippen LogP contribution in [0.4, 0.5) is 0 Å². The molecule has 0 saturated carbocycles. The van der Waals surface area contributed by atoms with Crippen molar-refractivity contribution in [3.8, 4) is 6.07 Å². The third-order valence-electron chi connectivity index (χ3n) is 2.83. The molecule has 2 rings (SSSR count). The lowest BCUT2D eigenvalue weighted by molar-refractivity contribution is 0.0384. The second kappa shape index (κ2) is 5.59. The second-order valence-corrected chi connectivity index (χ2v) is 3.85. The van der Waals surface area contributed by atoms with E-state index in [1.165, 1.54) is 0 Å². The third-order valence-corrected chi connectivity index (χ3v) is 2.83. The second-order valence-electron chi connectivity index (χ2n) is 3.85. The number of morpholine rings is 1. The number of pyridine rings is 1. The molecule has 1 aromatic rings. The summed E-state index contributed by atoms with van der Waals surface area (Å²) in [5.41, 5.74) is 1.78. The largest absolute Gasteiger partial charge is 0.379 e. The van der Waals surface area contributed by atoms with Crippen LogP contribution < -0.4 is 0 Å². The van der Waals surface area contributed by atoms with Crippen molar-refractivity contribution in [1.82, 2.24) is 9.88 Å². The number of hydrogen-bond acceptors (Lipinski definition) is 4. The smallest absolute Gasteiger partial charge is 0.101 e. The number of ether oxygens (including phenoxy) is 1. The molecule has 1 fully saturated rings. The quantitative estimate of drug-likeness (QED) is 0.752. The van der Waals surface area contributed by atoms with Crippen LogP contribution in [-0.2, 0) is 11.2 Å². The molecule has 0 amide bonds. The Bertz CT molecular complexity index is 380. The summed E-state index contributed by atoms with van der Waals surface area (Å²) in [5, 5.41) is 8.93. The molecule has 84 valence electrons. The third kappa shape index (κ3) is 2.78. The lowest BCUT2D eigenvalue weighted by Gasteiger charge is -2.26. The van der Waals surface area contributed by atoms with Gasteiger partial charge in [0.2, 0.25) is 0 Å². The number of hydrogen-bond donors (Lipinski definition) is 0. The van der Waals surface area contributed by atoms with E-state index in [4.69, 9.17) is 10.00 Å². The Morgan fingerprint density at radius 2 is 2.25 bits per heavy atom. The first-order valence-corrected chi connectivity index (χ1v) is 5.53. The number of aromatic nitrogens is 1. The fraction of sp³-hybridized carbons (Fsp3) is 0.500. The number of nitrogens with zero attached hydrogens (tertiary/aromatic N) is 3. The van der Waals surface area contributed by atoms with Gasteiger partial charge in [0.05, 0.1) is 18.8 Å². The van der Waals surface area contributed by atoms with E-state index >= 15 is 0 Å². The maximum Gasteiger partial charge on any atom is 0.101 e. The van der Waals surface area contributed by atoms with E-state index in [-0.39, 0.29) is 0 Å². The summed E-state index contributed by atoms with van der Waals surface area (Å²) >= 11 is 0. The Labute approximate surface area is 95.5 Å². The summed E-state index contributed by atoms with van der Waals surface area (Å²) < 4.78 is 5.29. The van der Waals surface area contributed by atoms with E-state index < -0.39 is 0 Å². The minimum Gasteiger partial charge on any atom is -0.379 e. The van der Waals surface area contributed by atoms with Crippen LogP contribution in [0, 0.1) is 11.3 Å². The van der Waals surface area contributed by atoms with Crippen molar-refractivity contribution in [1.29, 1.82) is 5.26 Å². The fourth-order valence-electron chi connectivity index (χ4n) is 1.85. The molecule has 1 aliphatic rings. The van der Waals surface area contributed by atoms with Gasteiger partial charge in [-0.1, -0.05) is 0 Å². The van der Waals surface area contributed by atoms with Gasteiger partial charge >= 0.3 is 0 Å². The standard InChI is InChI=1S/C12H15N3O/c13-9-12-10-14-3-1-11(12)2-4-15-5-7-16-8-6-15/h1,3,10H,2,4-8H2. The molecule has 1 saturated heterocycles. The van der Waals surface area contributed by atoms with Crippen molar-refractivity contribution >= 4 is 0 Å². The average Bonchev–Trinajstić information content (AvgIpc) is 2.38. The predicted octanol–water partition coefficient (Wildman–Crippen LogP) is 0.828. The van der Waals surface area contributed by atoms with Gasteiger partial charge in [-0.05, 0) is 18.1 Å². The van der Waals surface area contributed by atoms with Crippen LogP contribution in [-0.4, -0.2) is 42.7 Å². The molecular weight excluding hydrogens is 202 g/mol. The highest BCUT2D eigenvalue weighted by molar-refractivity contribution is 5.34. The van der Waals surface area contributed by atoms with Crippen molar-refractivity contribution in [2.24, 2.45) is 0 Å². The maximum absolute atomic E-state index is 8.93. The van der Waals surface area contributed by atoms with Crippen molar-refractivity contribution in [3.63, 3.8) is 0 Å². The Morgan fingerprint density at radius 3 is 3.00 bits per heavy atom. The van der Waals surface area contributed by atoms with Gasteiger partial charge in [0.1, 0.15) is 6.07 Å². The average molecular weight is 217 g/mol. The Hall–Kier alpha value is -1.44. The molecule has 0 unspecified atom stereocenters. The van der Waals surface area contributed by atoms with Crippen molar-refractivity contribution in [2.75, 3.05) is 32.8 Å². The highest BCUT2D eigenvalue weighted by Crippen LogP contribution is 2.08. The number of rotatable bonds is 3. The lowest BCUT2D eigenvalue weighted by Crippen LogP contribution is -2.37. The van der Waals surface area contributed by atoms with E-state index in [9.17, 15) is 0 Å². The summed E-state index contributed by atoms with van der Waals surface area (Å²) in [6.45, 7) is 4.62. The molecule has 2 heterocycles. The number of nitriles is 1. The zero-order chi connectivity index (χ0) is 11.2. The van der Waals surface area contributed by atoms with Crippen LogP contribution in [0.1, 0.15) is 11.1 Å². The van der Waals surface area contributed by atoms with Gasteiger partial charge in [0.25, 0.3) is 0 Å². The van der Waals surface area contributed by atoms with Crippen LogP contribution >= 0.6 is 0 Å². The Morgan fingerprint density at radius 1 is 1.44 bits per heavy atom. The van der Waals surface area contributed by atoms with E-state index in [0.29, 0.717) is 5.56 Å². The summed E-state index contributed by atoms with van der Waals surface area (Å²) in [7, 11) is 0. The van der Waals surface area contributed by atoms with Gasteiger partial charge in [-0.15, -0.1) is 0 Å². The molecule has 4 nitrogen and oxygen atoms in total. The van der Waals surface area contributed by atoms with Gasteiger partial charge < -0.3 is 4.74 Å². The first-order chi connectivity index (χ1) is 7.90. The topological polar surface area (TPSA) is 49.2 Å². The van der Waals surface area contributed by atoms with Crippen LogP contribution in [0.5, 0.6) is 0 Å². The van der Waals surface area contributed by atoms with Crippen LogP contribution in [0.25, 0.3) is 0 Å². The van der Waals surface area contributed by atoms with E-state index in [1.807, 2.05) is 6.07 Å². The maximum atomic E-state index is 8.93. The summed E-state index contributed by atoms with van der Waals surface area (Å²) in [5.74, 6) is 0. The molecule has 4 heteroatoms. The highest BCUT2D eigenvalue weighted by atomic mass is 16.5.